The molecular formula is C16H22BrNO2. The van der Waals surface area contributed by atoms with E-state index in [2.05, 4.69) is 34.7 Å². The van der Waals surface area contributed by atoms with Crippen LogP contribution in [0.3, 0.4) is 0 Å². The summed E-state index contributed by atoms with van der Waals surface area (Å²) in [5, 5.41) is 10.4. The van der Waals surface area contributed by atoms with Crippen LogP contribution in [-0.4, -0.2) is 34.7 Å². The highest BCUT2D eigenvalue weighted by atomic mass is 79.9. The van der Waals surface area contributed by atoms with Gasteiger partial charge in [-0.05, 0) is 38.8 Å². The van der Waals surface area contributed by atoms with Crippen LogP contribution in [0.15, 0.2) is 22.7 Å². The zero-order valence-electron chi connectivity index (χ0n) is 12.1. The van der Waals surface area contributed by atoms with Gasteiger partial charge in [0, 0.05) is 35.6 Å². The molecule has 1 atom stereocenters. The van der Waals surface area contributed by atoms with Crippen molar-refractivity contribution in [3.05, 3.63) is 28.2 Å². The summed E-state index contributed by atoms with van der Waals surface area (Å²) in [5.74, 6) is 0.844. The van der Waals surface area contributed by atoms with Gasteiger partial charge in [-0.3, -0.25) is 0 Å². The molecule has 2 aliphatic heterocycles. The Balaban J connectivity index is 1.81. The molecule has 110 valence electrons. The van der Waals surface area contributed by atoms with Gasteiger partial charge in [0.25, 0.3) is 0 Å². The molecule has 0 aromatic heterocycles. The lowest BCUT2D eigenvalue weighted by Crippen LogP contribution is -2.51. The molecule has 0 aliphatic carbocycles. The van der Waals surface area contributed by atoms with E-state index in [0.717, 1.165) is 41.7 Å². The molecule has 20 heavy (non-hydrogen) atoms. The molecule has 1 N–H and O–H groups in total. The Morgan fingerprint density at radius 3 is 2.70 bits per heavy atom. The van der Waals surface area contributed by atoms with Crippen molar-refractivity contribution in [2.24, 2.45) is 0 Å². The third kappa shape index (κ3) is 2.61. The summed E-state index contributed by atoms with van der Waals surface area (Å²) in [4.78, 5) is 2.48. The van der Waals surface area contributed by atoms with Crippen LogP contribution >= 0.6 is 15.9 Å². The summed E-state index contributed by atoms with van der Waals surface area (Å²) in [6, 6.07) is 6.49. The standard InChI is InChI=1S/C16H22BrNO2/c1-11(2)18-7-5-16(6-8-18)10-14(19)13-4-3-12(17)9-15(13)20-16/h3-4,9,11,14,19H,5-8,10H2,1-2H3. The van der Waals surface area contributed by atoms with E-state index in [0.29, 0.717) is 12.5 Å². The Morgan fingerprint density at radius 1 is 1.35 bits per heavy atom. The molecule has 0 saturated carbocycles. The predicted molar refractivity (Wildman–Crippen MR) is 83.0 cm³/mol. The second-order valence-electron chi connectivity index (χ2n) is 6.32. The third-order valence-electron chi connectivity index (χ3n) is 4.67. The van der Waals surface area contributed by atoms with Gasteiger partial charge >= 0.3 is 0 Å². The van der Waals surface area contributed by atoms with Crippen LogP contribution < -0.4 is 4.74 Å². The number of nitrogens with zero attached hydrogens (tertiary/aromatic N) is 1. The minimum atomic E-state index is -0.405. The normalized spacial score (nSPS) is 25.6. The van der Waals surface area contributed by atoms with Crippen molar-refractivity contribution in [3.63, 3.8) is 0 Å². The summed E-state index contributed by atoms with van der Waals surface area (Å²) in [6.07, 6.45) is 2.30. The number of hydrogen-bond donors (Lipinski definition) is 1. The summed E-state index contributed by atoms with van der Waals surface area (Å²) in [5.41, 5.74) is 0.739. The smallest absolute Gasteiger partial charge is 0.127 e. The van der Waals surface area contributed by atoms with Gasteiger partial charge in [-0.2, -0.15) is 0 Å². The van der Waals surface area contributed by atoms with Gasteiger partial charge in [-0.25, -0.2) is 0 Å². The minimum absolute atomic E-state index is 0.182. The van der Waals surface area contributed by atoms with Crippen molar-refractivity contribution in [1.29, 1.82) is 0 Å². The fraction of sp³-hybridized carbons (Fsp3) is 0.625. The second kappa shape index (κ2) is 5.32. The van der Waals surface area contributed by atoms with Gasteiger partial charge < -0.3 is 14.7 Å². The van der Waals surface area contributed by atoms with E-state index < -0.39 is 6.10 Å². The third-order valence-corrected chi connectivity index (χ3v) is 5.16. The van der Waals surface area contributed by atoms with Crippen molar-refractivity contribution >= 4 is 15.9 Å². The molecule has 2 heterocycles. The molecule has 1 aromatic carbocycles. The van der Waals surface area contributed by atoms with Crippen molar-refractivity contribution in [2.45, 2.75) is 50.9 Å². The number of rotatable bonds is 1. The van der Waals surface area contributed by atoms with Crippen LogP contribution in [0.4, 0.5) is 0 Å². The van der Waals surface area contributed by atoms with Crippen LogP contribution in [0.1, 0.15) is 44.8 Å². The fourth-order valence-electron chi connectivity index (χ4n) is 3.36. The SMILES string of the molecule is CC(C)N1CCC2(CC1)CC(O)c1ccc(Br)cc1O2. The lowest BCUT2D eigenvalue weighted by atomic mass is 9.81. The van der Waals surface area contributed by atoms with Gasteiger partial charge in [-0.1, -0.05) is 22.0 Å². The Bertz CT molecular complexity index is 495. The van der Waals surface area contributed by atoms with Crippen LogP contribution in [0.2, 0.25) is 0 Å². The van der Waals surface area contributed by atoms with Gasteiger partial charge in [0.1, 0.15) is 11.4 Å². The molecule has 2 aliphatic rings. The Hall–Kier alpha value is -0.580. The monoisotopic (exact) mass is 339 g/mol. The van der Waals surface area contributed by atoms with Gasteiger partial charge in [-0.15, -0.1) is 0 Å². The Morgan fingerprint density at radius 2 is 2.05 bits per heavy atom. The first-order valence-corrected chi connectivity index (χ1v) is 8.19. The van der Waals surface area contributed by atoms with E-state index in [1.54, 1.807) is 0 Å². The van der Waals surface area contributed by atoms with Gasteiger partial charge in [0.05, 0.1) is 6.10 Å². The first-order valence-electron chi connectivity index (χ1n) is 7.40. The molecule has 0 radical (unpaired) electrons. The number of halogens is 1. The first-order chi connectivity index (χ1) is 9.49. The van der Waals surface area contributed by atoms with Crippen molar-refractivity contribution < 1.29 is 9.84 Å². The largest absolute Gasteiger partial charge is 0.487 e. The van der Waals surface area contributed by atoms with E-state index in [1.807, 2.05) is 18.2 Å². The lowest BCUT2D eigenvalue weighted by Gasteiger charge is -2.46. The Kier molecular flexibility index (Phi) is 3.82. The van der Waals surface area contributed by atoms with Crippen LogP contribution in [0, 0.1) is 0 Å². The lowest BCUT2D eigenvalue weighted by molar-refractivity contribution is -0.0580. The molecule has 0 bridgehead atoms. The predicted octanol–water partition coefficient (Wildman–Crippen LogP) is 3.51. The maximum atomic E-state index is 10.4. The minimum Gasteiger partial charge on any atom is -0.487 e. The molecule has 4 heteroatoms. The maximum absolute atomic E-state index is 10.4. The molecule has 1 saturated heterocycles. The number of fused-ring (bicyclic) bond motifs is 1. The molecular weight excluding hydrogens is 318 g/mol. The van der Waals surface area contributed by atoms with E-state index in [9.17, 15) is 5.11 Å². The van der Waals surface area contributed by atoms with E-state index in [-0.39, 0.29) is 5.60 Å². The summed E-state index contributed by atoms with van der Waals surface area (Å²) < 4.78 is 7.32. The average molecular weight is 340 g/mol. The van der Waals surface area contributed by atoms with Crippen molar-refractivity contribution in [1.82, 2.24) is 4.90 Å². The molecule has 3 rings (SSSR count). The van der Waals surface area contributed by atoms with Gasteiger partial charge in [0.2, 0.25) is 0 Å². The molecule has 1 fully saturated rings. The number of piperidine rings is 1. The molecule has 0 amide bonds. The van der Waals surface area contributed by atoms with E-state index in [4.69, 9.17) is 4.74 Å². The number of aliphatic hydroxyl groups excluding tert-OH is 1. The quantitative estimate of drug-likeness (QED) is 0.849. The number of likely N-dealkylation sites (tertiary alicyclic amines) is 1. The zero-order valence-corrected chi connectivity index (χ0v) is 13.7. The average Bonchev–Trinajstić information content (AvgIpc) is 2.38. The molecule has 1 spiro atoms. The summed E-state index contributed by atoms with van der Waals surface area (Å²) in [7, 11) is 0. The van der Waals surface area contributed by atoms with Crippen molar-refractivity contribution in [2.75, 3.05) is 13.1 Å². The first kappa shape index (κ1) is 14.4. The number of aliphatic hydroxyl groups is 1. The number of benzene rings is 1. The highest BCUT2D eigenvalue weighted by Gasteiger charge is 2.43. The summed E-state index contributed by atoms with van der Waals surface area (Å²) in [6.45, 7) is 6.57. The molecule has 1 unspecified atom stereocenters. The number of ether oxygens (including phenoxy) is 1. The Labute approximate surface area is 129 Å². The fourth-order valence-corrected chi connectivity index (χ4v) is 3.70. The van der Waals surface area contributed by atoms with E-state index in [1.165, 1.54) is 0 Å². The van der Waals surface area contributed by atoms with E-state index >= 15 is 0 Å². The number of hydrogen-bond acceptors (Lipinski definition) is 3. The van der Waals surface area contributed by atoms with Gasteiger partial charge in [0.15, 0.2) is 0 Å². The maximum Gasteiger partial charge on any atom is 0.127 e. The molecule has 1 aromatic rings. The summed E-state index contributed by atoms with van der Waals surface area (Å²) >= 11 is 3.48. The zero-order chi connectivity index (χ0) is 14.3. The highest BCUT2D eigenvalue weighted by Crippen LogP contribution is 2.45. The van der Waals surface area contributed by atoms with Crippen LogP contribution in [0.25, 0.3) is 0 Å². The molecule has 3 nitrogen and oxygen atoms in total. The van der Waals surface area contributed by atoms with Crippen LogP contribution in [-0.2, 0) is 0 Å². The van der Waals surface area contributed by atoms with Crippen LogP contribution in [0.5, 0.6) is 5.75 Å². The second-order valence-corrected chi connectivity index (χ2v) is 7.23. The highest BCUT2D eigenvalue weighted by molar-refractivity contribution is 9.10. The topological polar surface area (TPSA) is 32.7 Å². The van der Waals surface area contributed by atoms with Crippen molar-refractivity contribution in [3.8, 4) is 5.75 Å².